The molecular weight excluding hydrogens is 356 g/mol. The van der Waals surface area contributed by atoms with E-state index in [1.54, 1.807) is 36.4 Å². The highest BCUT2D eigenvalue weighted by Gasteiger charge is 2.18. The Labute approximate surface area is 160 Å². The number of imidazole rings is 1. The number of benzene rings is 2. The van der Waals surface area contributed by atoms with Crippen LogP contribution in [0.25, 0.3) is 16.4 Å². The lowest BCUT2D eigenvalue weighted by atomic mass is 10.0. The van der Waals surface area contributed by atoms with E-state index in [4.69, 9.17) is 5.73 Å². The molecule has 0 aliphatic heterocycles. The van der Waals surface area contributed by atoms with Crippen LogP contribution in [-0.2, 0) is 6.54 Å². The average molecular weight is 374 g/mol. The third kappa shape index (κ3) is 3.08. The van der Waals surface area contributed by atoms with Crippen LogP contribution >= 0.6 is 0 Å². The fraction of sp³-hybridized carbons (Fsp3) is 0.0952. The summed E-state index contributed by atoms with van der Waals surface area (Å²) in [4.78, 5) is 28.4. The largest absolute Gasteiger partial charge is 0.366 e. The molecule has 0 saturated carbocycles. The first-order chi connectivity index (χ1) is 13.4. The molecule has 0 saturated heterocycles. The van der Waals surface area contributed by atoms with E-state index in [0.29, 0.717) is 16.2 Å². The van der Waals surface area contributed by atoms with Crippen molar-refractivity contribution < 1.29 is 14.8 Å². The van der Waals surface area contributed by atoms with Gasteiger partial charge in [-0.05, 0) is 54.1 Å². The molecular formula is C21H18N4O3. The summed E-state index contributed by atoms with van der Waals surface area (Å²) >= 11 is 0. The van der Waals surface area contributed by atoms with Crippen molar-refractivity contribution in [2.24, 2.45) is 5.73 Å². The van der Waals surface area contributed by atoms with Crippen LogP contribution in [0.15, 0.2) is 60.8 Å². The number of nitrogens with zero attached hydrogens (tertiary/aromatic N) is 3. The molecule has 2 aromatic carbocycles. The Kier molecular flexibility index (Phi) is 4.29. The van der Waals surface area contributed by atoms with E-state index in [2.05, 4.69) is 4.98 Å². The number of fused-ring (bicyclic) bond motifs is 2. The highest BCUT2D eigenvalue weighted by Crippen LogP contribution is 2.20. The number of carbonyl (C=O) groups is 2. The number of hydrogen-bond donors (Lipinski definition) is 2. The van der Waals surface area contributed by atoms with E-state index in [1.807, 2.05) is 35.7 Å². The maximum Gasteiger partial charge on any atom is 0.277 e. The van der Waals surface area contributed by atoms with Crippen LogP contribution in [0.1, 0.15) is 32.1 Å². The van der Waals surface area contributed by atoms with Crippen LogP contribution in [0.4, 0.5) is 0 Å². The molecule has 7 nitrogen and oxygen atoms in total. The number of aromatic nitrogens is 2. The maximum absolute atomic E-state index is 12.7. The molecule has 28 heavy (non-hydrogen) atoms. The number of aryl methyl sites for hydroxylation is 1. The summed E-state index contributed by atoms with van der Waals surface area (Å²) < 4.78 is 1.84. The van der Waals surface area contributed by atoms with Crippen molar-refractivity contribution in [2.45, 2.75) is 13.5 Å². The molecule has 0 atom stereocenters. The molecule has 0 fully saturated rings. The van der Waals surface area contributed by atoms with Crippen molar-refractivity contribution in [3.8, 4) is 0 Å². The number of hydrogen-bond acceptors (Lipinski definition) is 4. The van der Waals surface area contributed by atoms with E-state index in [9.17, 15) is 14.8 Å². The van der Waals surface area contributed by atoms with Gasteiger partial charge in [0.1, 0.15) is 5.65 Å². The number of carbonyl (C=O) groups excluding carboxylic acids is 2. The summed E-state index contributed by atoms with van der Waals surface area (Å²) in [7, 11) is 0. The topological polar surface area (TPSA) is 101 Å². The van der Waals surface area contributed by atoms with Crippen LogP contribution in [0.2, 0.25) is 0 Å². The van der Waals surface area contributed by atoms with Gasteiger partial charge < -0.3 is 10.1 Å². The lowest BCUT2D eigenvalue weighted by Gasteiger charge is -2.16. The second-order valence-electron chi connectivity index (χ2n) is 6.58. The fourth-order valence-electron chi connectivity index (χ4n) is 3.25. The van der Waals surface area contributed by atoms with Crippen molar-refractivity contribution in [1.29, 1.82) is 0 Å². The molecule has 0 spiro atoms. The van der Waals surface area contributed by atoms with E-state index in [-0.39, 0.29) is 6.54 Å². The van der Waals surface area contributed by atoms with E-state index in [0.717, 1.165) is 27.8 Å². The van der Waals surface area contributed by atoms with Gasteiger partial charge in [0.05, 0.1) is 17.9 Å². The average Bonchev–Trinajstić information content (AvgIpc) is 3.01. The molecule has 0 bridgehead atoms. The summed E-state index contributed by atoms with van der Waals surface area (Å²) in [6, 6.07) is 15.6. The second-order valence-corrected chi connectivity index (χ2v) is 6.58. The van der Waals surface area contributed by atoms with Gasteiger partial charge in [0.2, 0.25) is 5.91 Å². The predicted octanol–water partition coefficient (Wildman–Crippen LogP) is 2.93. The van der Waals surface area contributed by atoms with Gasteiger partial charge in [-0.15, -0.1) is 0 Å². The summed E-state index contributed by atoms with van der Waals surface area (Å²) in [5, 5.41) is 12.6. The number of hydroxylamine groups is 2. The third-order valence-electron chi connectivity index (χ3n) is 4.73. The predicted molar refractivity (Wildman–Crippen MR) is 104 cm³/mol. The fourth-order valence-corrected chi connectivity index (χ4v) is 3.25. The zero-order valence-corrected chi connectivity index (χ0v) is 15.2. The van der Waals surface area contributed by atoms with Crippen LogP contribution < -0.4 is 5.73 Å². The molecule has 0 unspecified atom stereocenters. The number of primary amides is 1. The van der Waals surface area contributed by atoms with Crippen molar-refractivity contribution in [3.63, 3.8) is 0 Å². The van der Waals surface area contributed by atoms with E-state index < -0.39 is 11.8 Å². The van der Waals surface area contributed by atoms with Gasteiger partial charge in [-0.25, -0.2) is 10.0 Å². The molecule has 140 valence electrons. The smallest absolute Gasteiger partial charge is 0.277 e. The standard InChI is InChI=1S/C21H18N4O3/c1-13-18(24-9-3-2-4-19(24)23-13)12-25(28)21(27)17-8-6-14-10-16(20(22)26)7-5-15(14)11-17/h2-11,28H,12H2,1H3,(H2,22,26). The summed E-state index contributed by atoms with van der Waals surface area (Å²) in [6.45, 7) is 1.85. The zero-order chi connectivity index (χ0) is 19.8. The summed E-state index contributed by atoms with van der Waals surface area (Å²) in [5.74, 6) is -1.03. The third-order valence-corrected chi connectivity index (χ3v) is 4.73. The number of nitrogens with two attached hydrogens (primary N) is 1. The Bertz CT molecular complexity index is 1230. The van der Waals surface area contributed by atoms with Gasteiger partial charge in [0.15, 0.2) is 0 Å². The lowest BCUT2D eigenvalue weighted by molar-refractivity contribution is -0.0657. The van der Waals surface area contributed by atoms with Crippen molar-refractivity contribution in [2.75, 3.05) is 0 Å². The van der Waals surface area contributed by atoms with Crippen molar-refractivity contribution in [3.05, 3.63) is 83.3 Å². The van der Waals surface area contributed by atoms with Gasteiger partial charge in [0.25, 0.3) is 5.91 Å². The maximum atomic E-state index is 12.7. The first-order valence-corrected chi connectivity index (χ1v) is 8.71. The molecule has 7 heteroatoms. The minimum absolute atomic E-state index is 0.00843. The molecule has 2 heterocycles. The number of amides is 2. The SMILES string of the molecule is Cc1nc2ccccn2c1CN(O)C(=O)c1ccc2cc(C(N)=O)ccc2c1. The highest BCUT2D eigenvalue weighted by atomic mass is 16.5. The normalized spacial score (nSPS) is 11.1. The molecule has 4 rings (SSSR count). The Morgan fingerprint density at radius 2 is 1.75 bits per heavy atom. The van der Waals surface area contributed by atoms with Gasteiger partial charge in [-0.1, -0.05) is 18.2 Å². The monoisotopic (exact) mass is 374 g/mol. The van der Waals surface area contributed by atoms with Gasteiger partial charge >= 0.3 is 0 Å². The Hall–Kier alpha value is -3.71. The van der Waals surface area contributed by atoms with Crippen LogP contribution in [-0.4, -0.2) is 31.5 Å². The first-order valence-electron chi connectivity index (χ1n) is 8.71. The van der Waals surface area contributed by atoms with Crippen LogP contribution in [0.3, 0.4) is 0 Å². The molecule has 0 radical (unpaired) electrons. The number of rotatable bonds is 4. The zero-order valence-electron chi connectivity index (χ0n) is 15.2. The Morgan fingerprint density at radius 3 is 2.46 bits per heavy atom. The van der Waals surface area contributed by atoms with Gasteiger partial charge in [0, 0.05) is 17.3 Å². The molecule has 3 N–H and O–H groups in total. The number of pyridine rings is 1. The molecule has 0 aliphatic carbocycles. The van der Waals surface area contributed by atoms with Gasteiger partial charge in [-0.3, -0.25) is 14.8 Å². The highest BCUT2D eigenvalue weighted by molar-refractivity contribution is 6.01. The lowest BCUT2D eigenvalue weighted by Crippen LogP contribution is -2.27. The minimum Gasteiger partial charge on any atom is -0.366 e. The molecule has 0 aliphatic rings. The second kappa shape index (κ2) is 6.79. The quantitative estimate of drug-likeness (QED) is 0.424. The molecule has 2 aromatic heterocycles. The van der Waals surface area contributed by atoms with Crippen molar-refractivity contribution in [1.82, 2.24) is 14.4 Å². The van der Waals surface area contributed by atoms with E-state index in [1.165, 1.54) is 0 Å². The van der Waals surface area contributed by atoms with Crippen LogP contribution in [0.5, 0.6) is 0 Å². The Balaban J connectivity index is 1.62. The van der Waals surface area contributed by atoms with E-state index >= 15 is 0 Å². The van der Waals surface area contributed by atoms with Crippen LogP contribution in [0, 0.1) is 6.92 Å². The molecule has 4 aromatic rings. The Morgan fingerprint density at radius 1 is 1.07 bits per heavy atom. The minimum atomic E-state index is -0.522. The molecule has 2 amide bonds. The van der Waals surface area contributed by atoms with Gasteiger partial charge in [-0.2, -0.15) is 0 Å². The summed E-state index contributed by atoms with van der Waals surface area (Å²) in [5.41, 5.74) is 8.28. The van der Waals surface area contributed by atoms with Crippen molar-refractivity contribution >= 4 is 28.2 Å². The first kappa shape index (κ1) is 17.7. The summed E-state index contributed by atoms with van der Waals surface area (Å²) in [6.07, 6.45) is 1.84.